The molecule has 2 heterocycles. The van der Waals surface area contributed by atoms with E-state index in [0.29, 0.717) is 35.1 Å². The van der Waals surface area contributed by atoms with Crippen molar-refractivity contribution in [1.29, 1.82) is 0 Å². The number of rotatable bonds is 11. The first-order chi connectivity index (χ1) is 22.5. The number of carbonyl (C=O) groups is 2. The van der Waals surface area contributed by atoms with Gasteiger partial charge in [-0.15, -0.1) is 0 Å². The van der Waals surface area contributed by atoms with Crippen LogP contribution in [0.4, 0.5) is 22.0 Å². The van der Waals surface area contributed by atoms with E-state index >= 15 is 8.78 Å². The zero-order valence-electron chi connectivity index (χ0n) is 25.6. The third-order valence-electron chi connectivity index (χ3n) is 8.53. The van der Waals surface area contributed by atoms with Gasteiger partial charge in [0, 0.05) is 28.2 Å². The van der Waals surface area contributed by atoms with Crippen LogP contribution >= 0.6 is 15.9 Å². The zero-order chi connectivity index (χ0) is 35.0. The van der Waals surface area contributed by atoms with E-state index in [1.54, 1.807) is 12.1 Å². The van der Waals surface area contributed by atoms with E-state index in [1.165, 1.54) is 24.3 Å². The summed E-state index contributed by atoms with van der Waals surface area (Å²) in [6.45, 7) is 2.42. The highest BCUT2D eigenvalue weighted by atomic mass is 79.9. The molecule has 260 valence electrons. The lowest BCUT2D eigenvalue weighted by atomic mass is 9.94. The van der Waals surface area contributed by atoms with Gasteiger partial charge < -0.3 is 20.2 Å². The Balaban J connectivity index is 1.65. The van der Waals surface area contributed by atoms with E-state index in [1.807, 2.05) is 6.92 Å². The largest absolute Gasteiger partial charge is 0.494 e. The third kappa shape index (κ3) is 7.31. The van der Waals surface area contributed by atoms with Gasteiger partial charge in [0.1, 0.15) is 5.75 Å². The molecule has 1 amide bonds. The van der Waals surface area contributed by atoms with Gasteiger partial charge in [0.15, 0.2) is 0 Å². The summed E-state index contributed by atoms with van der Waals surface area (Å²) in [5, 5.41) is 0.724. The van der Waals surface area contributed by atoms with Crippen LogP contribution < -0.4 is 10.5 Å². The Morgan fingerprint density at radius 1 is 0.979 bits per heavy atom. The standard InChI is InChI=1S/C32H33BrF5N3O6S/c1-2-3-14-46-26-12-4-20-16-27(13-5-19(20)15-26)48(44,45)41(47-30(43)32(36,37)38)28(31(34,35)21-6-8-22(33)9-7-21)29(42)40-24-10-11-25(40)18-23(39)17-24/h4-9,12-13,15-16,23-25,28H,2-3,10-11,14,17-18,39H2,1H3/t23?,24?,25?,28-/m1/s1. The van der Waals surface area contributed by atoms with Crippen molar-refractivity contribution in [1.82, 2.24) is 9.37 Å². The molecule has 2 N–H and O–H groups in total. The van der Waals surface area contributed by atoms with Crippen LogP contribution in [0, 0.1) is 0 Å². The minimum Gasteiger partial charge on any atom is -0.494 e. The summed E-state index contributed by atoms with van der Waals surface area (Å²) in [5.41, 5.74) is 5.19. The number of benzene rings is 3. The number of piperidine rings is 1. The molecule has 0 saturated carbocycles. The molecule has 2 saturated heterocycles. The number of amides is 1. The quantitative estimate of drug-likeness (QED) is 0.136. The molecule has 3 aromatic rings. The Morgan fingerprint density at radius 3 is 2.19 bits per heavy atom. The SMILES string of the molecule is CCCCOc1ccc2cc(S(=O)(=O)N(OC(=O)C(F)(F)F)[C@H](C(=O)N3C4CCC3CC(N)C4)C(F)(F)c3ccc(Br)cc3)ccc2c1. The molecule has 2 aliphatic heterocycles. The Bertz CT molecular complexity index is 1760. The molecule has 9 nitrogen and oxygen atoms in total. The van der Waals surface area contributed by atoms with Crippen LogP contribution in [0.5, 0.6) is 5.75 Å². The highest BCUT2D eigenvalue weighted by molar-refractivity contribution is 9.10. The normalized spacial score (nSPS) is 20.6. The van der Waals surface area contributed by atoms with Crippen LogP contribution in [0.3, 0.4) is 0 Å². The first-order valence-corrected chi connectivity index (χ1v) is 17.5. The maximum Gasteiger partial charge on any atom is 0.492 e. The fraction of sp³-hybridized carbons (Fsp3) is 0.438. The first kappa shape index (κ1) is 36.0. The highest BCUT2D eigenvalue weighted by Gasteiger charge is 2.60. The number of nitrogens with two attached hydrogens (primary N) is 1. The fourth-order valence-corrected chi connectivity index (χ4v) is 7.85. The summed E-state index contributed by atoms with van der Waals surface area (Å²) < 4.78 is 108. The highest BCUT2D eigenvalue weighted by Crippen LogP contribution is 2.43. The monoisotopic (exact) mass is 761 g/mol. The number of hydrogen-bond donors (Lipinski definition) is 1. The van der Waals surface area contributed by atoms with Crippen LogP contribution in [0.1, 0.15) is 51.0 Å². The predicted octanol–water partition coefficient (Wildman–Crippen LogP) is 6.43. The molecule has 0 radical (unpaired) electrons. The summed E-state index contributed by atoms with van der Waals surface area (Å²) in [6, 6.07) is 7.11. The molecule has 3 atom stereocenters. The minimum atomic E-state index is -5.80. The predicted molar refractivity (Wildman–Crippen MR) is 168 cm³/mol. The van der Waals surface area contributed by atoms with Gasteiger partial charge in [-0.2, -0.15) is 22.0 Å². The number of unbranched alkanes of at least 4 members (excludes halogenated alkanes) is 1. The molecule has 48 heavy (non-hydrogen) atoms. The Hall–Kier alpha value is -3.34. The van der Waals surface area contributed by atoms with Crippen molar-refractivity contribution in [2.45, 2.75) is 86.6 Å². The minimum absolute atomic E-state index is 0.211. The van der Waals surface area contributed by atoms with Gasteiger partial charge in [-0.05, 0) is 83.7 Å². The number of hydroxylamine groups is 1. The Morgan fingerprint density at radius 2 is 1.58 bits per heavy atom. The van der Waals surface area contributed by atoms with Crippen molar-refractivity contribution < 1.29 is 49.5 Å². The molecule has 2 aliphatic rings. The summed E-state index contributed by atoms with van der Waals surface area (Å²) in [7, 11) is -5.59. The first-order valence-electron chi connectivity index (χ1n) is 15.3. The molecule has 5 rings (SSSR count). The summed E-state index contributed by atoms with van der Waals surface area (Å²) in [5.74, 6) is -8.65. The summed E-state index contributed by atoms with van der Waals surface area (Å²) in [6.07, 6.45) is -2.97. The van der Waals surface area contributed by atoms with E-state index < -0.39 is 67.1 Å². The third-order valence-corrected chi connectivity index (χ3v) is 10.7. The number of ether oxygens (including phenoxy) is 1. The van der Waals surface area contributed by atoms with Crippen LogP contribution in [-0.2, 0) is 30.4 Å². The van der Waals surface area contributed by atoms with Gasteiger partial charge in [-0.25, -0.2) is 13.2 Å². The lowest BCUT2D eigenvalue weighted by molar-refractivity contribution is -0.240. The van der Waals surface area contributed by atoms with Gasteiger partial charge in [-0.1, -0.05) is 53.5 Å². The van der Waals surface area contributed by atoms with Crippen LogP contribution in [0.25, 0.3) is 10.8 Å². The number of alkyl halides is 5. The molecule has 2 fully saturated rings. The van der Waals surface area contributed by atoms with Gasteiger partial charge in [0.2, 0.25) is 6.04 Å². The van der Waals surface area contributed by atoms with Crippen molar-refractivity contribution in [3.8, 4) is 5.75 Å². The molecule has 2 unspecified atom stereocenters. The smallest absolute Gasteiger partial charge is 0.492 e. The van der Waals surface area contributed by atoms with Crippen molar-refractivity contribution in [2.75, 3.05) is 6.61 Å². The van der Waals surface area contributed by atoms with Crippen molar-refractivity contribution in [3.05, 3.63) is 70.7 Å². The van der Waals surface area contributed by atoms with Gasteiger partial charge in [0.05, 0.1) is 11.5 Å². The number of hydrogen-bond acceptors (Lipinski definition) is 7. The second kappa shape index (κ2) is 13.9. The molecular formula is C32H33BrF5N3O6S. The molecule has 3 aromatic carbocycles. The van der Waals surface area contributed by atoms with Crippen molar-refractivity contribution >= 4 is 48.6 Å². The zero-order valence-corrected chi connectivity index (χ0v) is 28.0. The molecule has 2 bridgehead atoms. The van der Waals surface area contributed by atoms with E-state index in [2.05, 4.69) is 20.8 Å². The summed E-state index contributed by atoms with van der Waals surface area (Å²) >= 11 is 3.12. The van der Waals surface area contributed by atoms with Crippen LogP contribution in [0.2, 0.25) is 0 Å². The summed E-state index contributed by atoms with van der Waals surface area (Å²) in [4.78, 5) is 31.1. The topological polar surface area (TPSA) is 119 Å². The number of halogens is 6. The number of fused-ring (bicyclic) bond motifs is 3. The van der Waals surface area contributed by atoms with Crippen LogP contribution in [-0.4, -0.2) is 66.6 Å². The second-order valence-electron chi connectivity index (χ2n) is 11.9. The Kier molecular flexibility index (Phi) is 10.4. The molecule has 0 aromatic heterocycles. The van der Waals surface area contributed by atoms with Gasteiger partial charge in [-0.3, -0.25) is 4.79 Å². The molecular weight excluding hydrogens is 729 g/mol. The lowest BCUT2D eigenvalue weighted by Gasteiger charge is -2.42. The fourth-order valence-electron chi connectivity index (χ4n) is 6.19. The maximum absolute atomic E-state index is 16.7. The van der Waals surface area contributed by atoms with E-state index in [4.69, 9.17) is 10.5 Å². The Labute approximate surface area is 282 Å². The second-order valence-corrected chi connectivity index (χ2v) is 14.6. The van der Waals surface area contributed by atoms with Gasteiger partial charge in [0.25, 0.3) is 15.9 Å². The number of carbonyl (C=O) groups excluding carboxylic acids is 2. The van der Waals surface area contributed by atoms with Crippen molar-refractivity contribution in [2.24, 2.45) is 5.73 Å². The number of nitrogens with zero attached hydrogens (tertiary/aromatic N) is 2. The van der Waals surface area contributed by atoms with Crippen molar-refractivity contribution in [3.63, 3.8) is 0 Å². The lowest BCUT2D eigenvalue weighted by Crippen LogP contribution is -2.62. The number of sulfonamides is 1. The van der Waals surface area contributed by atoms with Crippen LogP contribution in [0.15, 0.2) is 70.0 Å². The molecule has 16 heteroatoms. The molecule has 0 spiro atoms. The maximum atomic E-state index is 16.7. The molecule has 0 aliphatic carbocycles. The average Bonchev–Trinajstić information content (AvgIpc) is 3.30. The van der Waals surface area contributed by atoms with E-state index in [0.717, 1.165) is 42.0 Å². The average molecular weight is 763 g/mol. The van der Waals surface area contributed by atoms with E-state index in [-0.39, 0.29) is 24.3 Å². The van der Waals surface area contributed by atoms with E-state index in [9.17, 15) is 31.2 Å². The van der Waals surface area contributed by atoms with Gasteiger partial charge >= 0.3 is 18.1 Å².